The number of carbonyl (C=O) groups is 1. The Balaban J connectivity index is 1.65. The van der Waals surface area contributed by atoms with Gasteiger partial charge in [0.05, 0.1) is 17.1 Å². The van der Waals surface area contributed by atoms with Crippen LogP contribution in [0.2, 0.25) is 5.02 Å². The first-order chi connectivity index (χ1) is 11.0. The Morgan fingerprint density at radius 2 is 2.22 bits per heavy atom. The van der Waals surface area contributed by atoms with E-state index in [0.29, 0.717) is 31.0 Å². The van der Waals surface area contributed by atoms with E-state index in [1.807, 2.05) is 6.07 Å². The molecule has 2 heterocycles. The smallest absolute Gasteiger partial charge is 0.255 e. The highest BCUT2D eigenvalue weighted by Gasteiger charge is 2.29. The first-order valence-electron chi connectivity index (χ1n) is 7.05. The number of nitrogens with zero attached hydrogens (tertiary/aromatic N) is 2. The van der Waals surface area contributed by atoms with Gasteiger partial charge >= 0.3 is 0 Å². The van der Waals surface area contributed by atoms with Gasteiger partial charge in [-0.1, -0.05) is 11.6 Å². The van der Waals surface area contributed by atoms with Crippen molar-refractivity contribution in [2.75, 3.05) is 13.1 Å². The number of ether oxygens (including phenoxy) is 1. The third kappa shape index (κ3) is 3.82. The average Bonchev–Trinajstić information content (AvgIpc) is 2.97. The van der Waals surface area contributed by atoms with Crippen molar-refractivity contribution < 1.29 is 13.9 Å². The minimum Gasteiger partial charge on any atom is -0.472 e. The van der Waals surface area contributed by atoms with E-state index in [2.05, 4.69) is 20.9 Å². The number of aromatic nitrogens is 1. The van der Waals surface area contributed by atoms with Gasteiger partial charge in [-0.05, 0) is 40.2 Å². The molecule has 0 spiro atoms. The van der Waals surface area contributed by atoms with Gasteiger partial charge in [0.1, 0.15) is 11.9 Å². The van der Waals surface area contributed by atoms with Crippen LogP contribution in [-0.4, -0.2) is 35.0 Å². The molecule has 2 aromatic rings. The summed E-state index contributed by atoms with van der Waals surface area (Å²) in [5, 5.41) is 0.119. The van der Waals surface area contributed by atoms with E-state index in [9.17, 15) is 9.18 Å². The van der Waals surface area contributed by atoms with Gasteiger partial charge in [0.25, 0.3) is 5.91 Å². The third-order valence-electron chi connectivity index (χ3n) is 3.58. The third-order valence-corrected chi connectivity index (χ3v) is 4.36. The Morgan fingerprint density at radius 3 is 2.91 bits per heavy atom. The Kier molecular flexibility index (Phi) is 4.82. The summed E-state index contributed by atoms with van der Waals surface area (Å²) in [6.45, 7) is 1.01. The summed E-state index contributed by atoms with van der Waals surface area (Å²) >= 11 is 9.26. The molecular formula is C16H13BrClFN2O2. The van der Waals surface area contributed by atoms with Crippen LogP contribution in [-0.2, 0) is 0 Å². The highest BCUT2D eigenvalue weighted by molar-refractivity contribution is 9.10. The summed E-state index contributed by atoms with van der Waals surface area (Å²) in [6.07, 6.45) is 2.25. The zero-order valence-electron chi connectivity index (χ0n) is 12.0. The van der Waals surface area contributed by atoms with E-state index in [-0.39, 0.29) is 17.0 Å². The fourth-order valence-electron chi connectivity index (χ4n) is 2.44. The Hall–Kier alpha value is -1.66. The number of pyridine rings is 1. The summed E-state index contributed by atoms with van der Waals surface area (Å²) in [7, 11) is 0. The second kappa shape index (κ2) is 6.84. The summed E-state index contributed by atoms with van der Waals surface area (Å²) in [6, 6.07) is 7.40. The summed E-state index contributed by atoms with van der Waals surface area (Å²) in [5.41, 5.74) is 0.301. The molecule has 1 amide bonds. The molecule has 0 radical (unpaired) electrons. The van der Waals surface area contributed by atoms with Crippen molar-refractivity contribution >= 4 is 33.4 Å². The van der Waals surface area contributed by atoms with E-state index < -0.39 is 5.82 Å². The predicted octanol–water partition coefficient (Wildman–Crippen LogP) is 3.93. The fourth-order valence-corrected chi connectivity index (χ4v) is 2.93. The molecule has 120 valence electrons. The first-order valence-corrected chi connectivity index (χ1v) is 8.22. The summed E-state index contributed by atoms with van der Waals surface area (Å²) < 4.78 is 19.7. The Labute approximate surface area is 146 Å². The van der Waals surface area contributed by atoms with E-state index in [1.54, 1.807) is 17.2 Å². The predicted molar refractivity (Wildman–Crippen MR) is 88.3 cm³/mol. The van der Waals surface area contributed by atoms with Gasteiger partial charge in [-0.3, -0.25) is 4.79 Å². The van der Waals surface area contributed by atoms with Crippen LogP contribution in [0.1, 0.15) is 16.8 Å². The molecular weight excluding hydrogens is 387 g/mol. The number of hydrogen-bond acceptors (Lipinski definition) is 3. The number of hydrogen-bond donors (Lipinski definition) is 0. The lowest BCUT2D eigenvalue weighted by molar-refractivity contribution is 0.0771. The van der Waals surface area contributed by atoms with Gasteiger partial charge in [0.15, 0.2) is 0 Å². The molecule has 1 fully saturated rings. The van der Waals surface area contributed by atoms with Crippen molar-refractivity contribution in [3.8, 4) is 5.88 Å². The number of amides is 1. The number of carbonyl (C=O) groups excluding carboxylic acids is 1. The van der Waals surface area contributed by atoms with Crippen molar-refractivity contribution in [2.45, 2.75) is 12.5 Å². The molecule has 1 aliphatic heterocycles. The van der Waals surface area contributed by atoms with Crippen molar-refractivity contribution in [1.82, 2.24) is 9.88 Å². The van der Waals surface area contributed by atoms with Crippen molar-refractivity contribution in [3.05, 3.63) is 57.4 Å². The van der Waals surface area contributed by atoms with Crippen LogP contribution in [0.5, 0.6) is 5.88 Å². The average molecular weight is 400 g/mol. The second-order valence-electron chi connectivity index (χ2n) is 5.22. The van der Waals surface area contributed by atoms with Crippen LogP contribution in [0.4, 0.5) is 4.39 Å². The van der Waals surface area contributed by atoms with Gasteiger partial charge in [-0.2, -0.15) is 0 Å². The Morgan fingerprint density at radius 1 is 1.39 bits per heavy atom. The first kappa shape index (κ1) is 16.2. The number of benzene rings is 1. The van der Waals surface area contributed by atoms with E-state index >= 15 is 0 Å². The standard InChI is InChI=1S/C16H13BrClFN2O2/c17-10-1-4-15(20-8-10)23-12-5-6-21(9-12)16(22)13-3-2-11(19)7-14(13)18/h1-4,7-8,12H,5-6,9H2. The van der Waals surface area contributed by atoms with E-state index in [0.717, 1.165) is 10.5 Å². The van der Waals surface area contributed by atoms with Crippen molar-refractivity contribution in [1.29, 1.82) is 0 Å². The lowest BCUT2D eigenvalue weighted by Gasteiger charge is -2.17. The maximum Gasteiger partial charge on any atom is 0.255 e. The van der Waals surface area contributed by atoms with Gasteiger partial charge in [-0.15, -0.1) is 0 Å². The molecule has 1 atom stereocenters. The van der Waals surface area contributed by atoms with Gasteiger partial charge in [0.2, 0.25) is 5.88 Å². The van der Waals surface area contributed by atoms with Gasteiger partial charge < -0.3 is 9.64 Å². The lowest BCUT2D eigenvalue weighted by Crippen LogP contribution is -2.31. The quantitative estimate of drug-likeness (QED) is 0.785. The molecule has 23 heavy (non-hydrogen) atoms. The fraction of sp³-hybridized carbons (Fsp3) is 0.250. The van der Waals surface area contributed by atoms with Gasteiger partial charge in [-0.25, -0.2) is 9.37 Å². The largest absolute Gasteiger partial charge is 0.472 e. The van der Waals surface area contributed by atoms with Crippen molar-refractivity contribution in [3.63, 3.8) is 0 Å². The molecule has 0 N–H and O–H groups in total. The highest BCUT2D eigenvalue weighted by Crippen LogP contribution is 2.23. The second-order valence-corrected chi connectivity index (χ2v) is 6.54. The van der Waals surface area contributed by atoms with E-state index in [1.165, 1.54) is 12.1 Å². The molecule has 1 unspecified atom stereocenters. The minimum absolute atomic E-state index is 0.119. The molecule has 1 aromatic carbocycles. The number of likely N-dealkylation sites (tertiary alicyclic amines) is 1. The SMILES string of the molecule is O=C(c1ccc(F)cc1Cl)N1CCC(Oc2ccc(Br)cn2)C1. The molecule has 0 aliphatic carbocycles. The molecule has 1 saturated heterocycles. The van der Waals surface area contributed by atoms with Crippen LogP contribution in [0.3, 0.4) is 0 Å². The summed E-state index contributed by atoms with van der Waals surface area (Å²) in [5.74, 6) is -0.160. The Bertz CT molecular complexity index is 727. The van der Waals surface area contributed by atoms with Crippen LogP contribution in [0, 0.1) is 5.82 Å². The minimum atomic E-state index is -0.463. The molecule has 0 bridgehead atoms. The number of halogens is 3. The monoisotopic (exact) mass is 398 g/mol. The van der Waals surface area contributed by atoms with Crippen LogP contribution in [0.25, 0.3) is 0 Å². The van der Waals surface area contributed by atoms with Crippen LogP contribution < -0.4 is 4.74 Å². The lowest BCUT2D eigenvalue weighted by atomic mass is 10.2. The maximum absolute atomic E-state index is 13.1. The number of rotatable bonds is 3. The maximum atomic E-state index is 13.1. The van der Waals surface area contributed by atoms with Crippen LogP contribution >= 0.6 is 27.5 Å². The van der Waals surface area contributed by atoms with Crippen LogP contribution in [0.15, 0.2) is 41.0 Å². The summed E-state index contributed by atoms with van der Waals surface area (Å²) in [4.78, 5) is 18.3. The van der Waals surface area contributed by atoms with Crippen molar-refractivity contribution in [2.24, 2.45) is 0 Å². The molecule has 1 aromatic heterocycles. The molecule has 0 saturated carbocycles. The molecule has 3 rings (SSSR count). The zero-order valence-corrected chi connectivity index (χ0v) is 14.3. The van der Waals surface area contributed by atoms with Gasteiger partial charge in [0, 0.05) is 29.7 Å². The highest BCUT2D eigenvalue weighted by atomic mass is 79.9. The van der Waals surface area contributed by atoms with E-state index in [4.69, 9.17) is 16.3 Å². The normalized spacial score (nSPS) is 17.3. The molecule has 1 aliphatic rings. The zero-order chi connectivity index (χ0) is 16.4. The molecule has 7 heteroatoms. The molecule has 4 nitrogen and oxygen atoms in total. The topological polar surface area (TPSA) is 42.4 Å².